The van der Waals surface area contributed by atoms with Crippen LogP contribution < -0.4 is 5.32 Å². The summed E-state index contributed by atoms with van der Waals surface area (Å²) in [5.41, 5.74) is 0.151. The fraction of sp³-hybridized carbons (Fsp3) is 0.429. The predicted molar refractivity (Wildman–Crippen MR) is 145 cm³/mol. The predicted octanol–water partition coefficient (Wildman–Crippen LogP) is 6.57. The van der Waals surface area contributed by atoms with Crippen LogP contribution in [0.15, 0.2) is 47.5 Å². The van der Waals surface area contributed by atoms with E-state index in [1.165, 1.54) is 35.2 Å². The van der Waals surface area contributed by atoms with Gasteiger partial charge in [-0.2, -0.15) is 13.2 Å². The lowest BCUT2D eigenvalue weighted by molar-refractivity contribution is -0.146. The Bertz CT molecular complexity index is 1290. The van der Waals surface area contributed by atoms with Crippen molar-refractivity contribution in [1.29, 1.82) is 0 Å². The first-order chi connectivity index (χ1) is 18.9. The van der Waals surface area contributed by atoms with Gasteiger partial charge >= 0.3 is 12.1 Å². The summed E-state index contributed by atoms with van der Waals surface area (Å²) in [7, 11) is 0. The van der Waals surface area contributed by atoms with E-state index >= 15 is 0 Å². The summed E-state index contributed by atoms with van der Waals surface area (Å²) < 4.78 is 40.4. The van der Waals surface area contributed by atoms with E-state index in [1.807, 2.05) is 0 Å². The summed E-state index contributed by atoms with van der Waals surface area (Å²) in [5, 5.41) is 11.9. The van der Waals surface area contributed by atoms with E-state index in [0.29, 0.717) is 34.0 Å². The number of halogens is 5. The van der Waals surface area contributed by atoms with E-state index in [-0.39, 0.29) is 30.7 Å². The molecule has 2 aromatic rings. The molecule has 0 unspecified atom stereocenters. The minimum atomic E-state index is -4.45. The molecule has 1 heterocycles. The van der Waals surface area contributed by atoms with Gasteiger partial charge in [-0.1, -0.05) is 41.8 Å². The molecule has 40 heavy (non-hydrogen) atoms. The molecule has 1 aliphatic carbocycles. The third-order valence-electron chi connectivity index (χ3n) is 7.18. The highest BCUT2D eigenvalue weighted by atomic mass is 35.5. The molecule has 1 saturated carbocycles. The van der Waals surface area contributed by atoms with Gasteiger partial charge in [0.2, 0.25) is 0 Å². The van der Waals surface area contributed by atoms with Gasteiger partial charge in [-0.25, -0.2) is 0 Å². The monoisotopic (exact) mass is 597 g/mol. The lowest BCUT2D eigenvalue weighted by Crippen LogP contribution is -2.50. The first-order valence-electron chi connectivity index (χ1n) is 13.0. The number of hydrogen-bond donors (Lipinski definition) is 2. The van der Waals surface area contributed by atoms with Crippen LogP contribution >= 0.6 is 23.2 Å². The fourth-order valence-corrected chi connectivity index (χ4v) is 5.91. The number of rotatable bonds is 9. The molecular formula is C28H28Cl2F3N3O4. The zero-order valence-corrected chi connectivity index (χ0v) is 23.0. The lowest BCUT2D eigenvalue weighted by Gasteiger charge is -2.44. The Balaban J connectivity index is 1.70. The first-order valence-corrected chi connectivity index (χ1v) is 13.7. The number of carbonyl (C=O) groups is 3. The van der Waals surface area contributed by atoms with Crippen LogP contribution in [0.4, 0.5) is 13.2 Å². The molecule has 12 heteroatoms. The smallest absolute Gasteiger partial charge is 0.389 e. The summed E-state index contributed by atoms with van der Waals surface area (Å²) in [6.07, 6.45) is -2.75. The summed E-state index contributed by atoms with van der Waals surface area (Å²) in [4.78, 5) is 43.5. The second-order valence-electron chi connectivity index (χ2n) is 10.0. The third kappa shape index (κ3) is 6.96. The molecule has 0 saturated heterocycles. The highest BCUT2D eigenvalue weighted by molar-refractivity contribution is 6.47. The maximum atomic E-state index is 14.0. The van der Waals surface area contributed by atoms with Crippen LogP contribution in [0.1, 0.15) is 78.9 Å². The van der Waals surface area contributed by atoms with Crippen molar-refractivity contribution < 1.29 is 32.7 Å². The van der Waals surface area contributed by atoms with Crippen LogP contribution in [0.3, 0.4) is 0 Å². The minimum Gasteiger partial charge on any atom is -0.481 e. The summed E-state index contributed by atoms with van der Waals surface area (Å²) in [6, 6.07) is 9.66. The molecule has 4 rings (SSSR count). The molecule has 1 fully saturated rings. The summed E-state index contributed by atoms with van der Waals surface area (Å²) >= 11 is 12.4. The highest BCUT2D eigenvalue weighted by Gasteiger charge is 2.51. The van der Waals surface area contributed by atoms with Crippen LogP contribution in [-0.2, 0) is 9.59 Å². The van der Waals surface area contributed by atoms with E-state index in [4.69, 9.17) is 33.3 Å². The molecule has 2 amide bonds. The molecule has 2 N–H and O–H groups in total. The van der Waals surface area contributed by atoms with Gasteiger partial charge in [0.1, 0.15) is 11.4 Å². The number of benzene rings is 2. The normalized spacial score (nSPS) is 17.6. The van der Waals surface area contributed by atoms with E-state index in [2.05, 4.69) is 5.32 Å². The Labute approximate surface area is 239 Å². The van der Waals surface area contributed by atoms with Gasteiger partial charge in [-0.05, 0) is 68.0 Å². The Hall–Kier alpha value is -3.11. The highest BCUT2D eigenvalue weighted by Crippen LogP contribution is 2.46. The van der Waals surface area contributed by atoms with Crippen molar-refractivity contribution >= 4 is 46.7 Å². The van der Waals surface area contributed by atoms with Crippen LogP contribution in [0, 0.1) is 0 Å². The van der Waals surface area contributed by atoms with Gasteiger partial charge < -0.3 is 15.3 Å². The Kier molecular flexibility index (Phi) is 9.09. The molecule has 2 aromatic carbocycles. The molecular weight excluding hydrogens is 570 g/mol. The number of nitrogens with one attached hydrogen (secondary N) is 1. The fourth-order valence-electron chi connectivity index (χ4n) is 5.38. The number of carbonyl (C=O) groups excluding carboxylic acids is 2. The van der Waals surface area contributed by atoms with Gasteiger partial charge in [0.05, 0.1) is 12.5 Å². The molecule has 1 aliphatic heterocycles. The van der Waals surface area contributed by atoms with E-state index in [1.54, 1.807) is 12.1 Å². The number of carboxylic acids is 1. The van der Waals surface area contributed by atoms with Crippen molar-refractivity contribution in [2.24, 2.45) is 4.99 Å². The minimum absolute atomic E-state index is 0.0669. The molecule has 0 radical (unpaired) electrons. The number of aliphatic carboxylic acids is 1. The van der Waals surface area contributed by atoms with Gasteiger partial charge in [0.25, 0.3) is 11.8 Å². The lowest BCUT2D eigenvalue weighted by atomic mass is 9.86. The molecule has 7 nitrogen and oxygen atoms in total. The SMILES string of the molecule is O=C(O)CCNC(=O)c1ccc([C@@H](CCC(F)(F)F)N2C(=O)C(c3cc(Cl)cc(Cl)c3)=NC23CCCCC3)cc1. The van der Waals surface area contributed by atoms with Gasteiger partial charge in [-0.3, -0.25) is 19.4 Å². The van der Waals surface area contributed by atoms with Gasteiger partial charge in [0.15, 0.2) is 0 Å². The quantitative estimate of drug-likeness (QED) is 0.341. The van der Waals surface area contributed by atoms with Crippen molar-refractivity contribution in [3.63, 3.8) is 0 Å². The van der Waals surface area contributed by atoms with Crippen LogP contribution in [0.2, 0.25) is 10.0 Å². The molecule has 1 spiro atoms. The number of nitrogens with zero attached hydrogens (tertiary/aromatic N) is 2. The summed E-state index contributed by atoms with van der Waals surface area (Å²) in [5.74, 6) is -2.07. The largest absolute Gasteiger partial charge is 0.481 e. The Morgan fingerprint density at radius 3 is 2.25 bits per heavy atom. The van der Waals surface area contributed by atoms with E-state index in [0.717, 1.165) is 19.3 Å². The average Bonchev–Trinajstić information content (AvgIpc) is 3.15. The second kappa shape index (κ2) is 12.2. The van der Waals surface area contributed by atoms with Crippen molar-refractivity contribution in [3.8, 4) is 0 Å². The average molecular weight is 598 g/mol. The summed E-state index contributed by atoms with van der Waals surface area (Å²) in [6.45, 7) is -0.0669. The zero-order chi connectivity index (χ0) is 29.1. The maximum absolute atomic E-state index is 14.0. The number of aliphatic imine (C=N–C) groups is 1. The topological polar surface area (TPSA) is 99.1 Å². The molecule has 0 aromatic heterocycles. The van der Waals surface area contributed by atoms with Crippen LogP contribution in [0.5, 0.6) is 0 Å². The van der Waals surface area contributed by atoms with E-state index < -0.39 is 42.1 Å². The van der Waals surface area contributed by atoms with Crippen molar-refractivity contribution in [1.82, 2.24) is 10.2 Å². The van der Waals surface area contributed by atoms with Gasteiger partial charge in [-0.15, -0.1) is 0 Å². The first kappa shape index (κ1) is 29.9. The molecule has 214 valence electrons. The van der Waals surface area contributed by atoms with Crippen molar-refractivity contribution in [3.05, 3.63) is 69.2 Å². The molecule has 1 atom stereocenters. The zero-order valence-electron chi connectivity index (χ0n) is 21.4. The van der Waals surface area contributed by atoms with E-state index in [9.17, 15) is 27.6 Å². The van der Waals surface area contributed by atoms with Gasteiger partial charge in [0, 0.05) is 34.1 Å². The molecule has 0 bridgehead atoms. The van der Waals surface area contributed by atoms with Crippen molar-refractivity contribution in [2.75, 3.05) is 6.54 Å². The van der Waals surface area contributed by atoms with Crippen LogP contribution in [0.25, 0.3) is 0 Å². The number of alkyl halides is 3. The second-order valence-corrected chi connectivity index (χ2v) is 10.9. The standard InChI is InChI=1S/C28H28Cl2F3N3O4/c29-20-14-19(15-21(30)16-20)24-26(40)36(27(35-24)10-2-1-3-11-27)22(8-12-28(31,32)33)17-4-6-18(7-5-17)25(39)34-13-9-23(37)38/h4-7,14-16,22H,1-3,8-13H2,(H,34,39)(H,37,38)/t22-/m1/s1. The maximum Gasteiger partial charge on any atom is 0.389 e. The third-order valence-corrected chi connectivity index (χ3v) is 7.61. The Morgan fingerprint density at radius 2 is 1.68 bits per heavy atom. The Morgan fingerprint density at radius 1 is 1.05 bits per heavy atom. The number of amides is 2. The van der Waals surface area contributed by atoms with Crippen molar-refractivity contribution in [2.45, 2.75) is 69.2 Å². The van der Waals surface area contributed by atoms with Crippen LogP contribution in [-0.4, -0.2) is 51.9 Å². The number of carboxylic acid groups (broad SMARTS) is 1. The number of hydrogen-bond acceptors (Lipinski definition) is 4. The molecule has 2 aliphatic rings.